The number of aryl methyl sites for hydroxylation is 2. The largest absolute Gasteiger partial charge is 0.494 e. The molecule has 27 heavy (non-hydrogen) atoms. The monoisotopic (exact) mass is 388 g/mol. The van der Waals surface area contributed by atoms with Crippen LogP contribution in [0.2, 0.25) is 0 Å². The van der Waals surface area contributed by atoms with Crippen LogP contribution < -0.4 is 9.46 Å². The molecule has 6 heteroatoms. The lowest BCUT2D eigenvalue weighted by Gasteiger charge is -2.14. The molecule has 0 aliphatic heterocycles. The zero-order chi connectivity index (χ0) is 19.4. The fourth-order valence-electron chi connectivity index (χ4n) is 3.25. The predicted molar refractivity (Wildman–Crippen MR) is 108 cm³/mol. The number of hydrogen-bond acceptors (Lipinski definition) is 4. The third-order valence-corrected chi connectivity index (χ3v) is 6.82. The van der Waals surface area contributed by atoms with Crippen molar-refractivity contribution in [3.63, 3.8) is 0 Å². The van der Waals surface area contributed by atoms with Gasteiger partial charge in [0.15, 0.2) is 0 Å². The summed E-state index contributed by atoms with van der Waals surface area (Å²) in [5, 5.41) is -0.413. The highest BCUT2D eigenvalue weighted by Gasteiger charge is 2.27. The normalized spacial score (nSPS) is 16.5. The smallest absolute Gasteiger partial charge is 0.214 e. The lowest BCUT2D eigenvalue weighted by atomic mass is 10.1. The Kier molecular flexibility index (Phi) is 6.17. The molecule has 1 heterocycles. The minimum absolute atomic E-state index is 0.0586. The molecule has 1 aromatic carbocycles. The van der Waals surface area contributed by atoms with Crippen LogP contribution in [0.3, 0.4) is 0 Å². The first-order valence-electron chi connectivity index (χ1n) is 9.51. The Balaban J connectivity index is 1.49. The van der Waals surface area contributed by atoms with Crippen molar-refractivity contribution < 1.29 is 13.2 Å². The van der Waals surface area contributed by atoms with E-state index >= 15 is 0 Å². The highest BCUT2D eigenvalue weighted by molar-refractivity contribution is 7.90. The molecular formula is C21H28N2O3S. The van der Waals surface area contributed by atoms with E-state index in [2.05, 4.69) is 21.8 Å². The van der Waals surface area contributed by atoms with Crippen LogP contribution in [0.1, 0.15) is 42.7 Å². The zero-order valence-electron chi connectivity index (χ0n) is 16.2. The van der Waals surface area contributed by atoms with Gasteiger partial charge in [0.25, 0.3) is 0 Å². The first-order chi connectivity index (χ1) is 12.8. The molecule has 0 spiro atoms. The van der Waals surface area contributed by atoms with E-state index in [0.29, 0.717) is 13.0 Å². The Labute approximate surface area is 162 Å². The fourth-order valence-corrected chi connectivity index (χ4v) is 4.15. The van der Waals surface area contributed by atoms with Crippen LogP contribution in [0.5, 0.6) is 5.75 Å². The lowest BCUT2D eigenvalue weighted by molar-refractivity contribution is 0.310. The summed E-state index contributed by atoms with van der Waals surface area (Å²) < 4.78 is 32.9. The van der Waals surface area contributed by atoms with Crippen LogP contribution in [-0.4, -0.2) is 31.3 Å². The van der Waals surface area contributed by atoms with Gasteiger partial charge in [0.05, 0.1) is 11.9 Å². The van der Waals surface area contributed by atoms with E-state index in [4.69, 9.17) is 4.74 Å². The molecule has 0 saturated carbocycles. The van der Waals surface area contributed by atoms with Gasteiger partial charge < -0.3 is 4.74 Å². The zero-order valence-corrected chi connectivity index (χ0v) is 17.1. The van der Waals surface area contributed by atoms with Crippen molar-refractivity contribution in [3.8, 4) is 5.75 Å². The summed E-state index contributed by atoms with van der Waals surface area (Å²) in [6, 6.07) is 10.2. The molecule has 3 rings (SSSR count). The van der Waals surface area contributed by atoms with Gasteiger partial charge in [0.2, 0.25) is 10.0 Å². The molecule has 2 aromatic rings. The average molecular weight is 389 g/mol. The van der Waals surface area contributed by atoms with Crippen molar-refractivity contribution in [2.45, 2.75) is 57.7 Å². The van der Waals surface area contributed by atoms with E-state index < -0.39 is 15.3 Å². The van der Waals surface area contributed by atoms with Gasteiger partial charge in [-0.3, -0.25) is 4.98 Å². The van der Waals surface area contributed by atoms with E-state index in [-0.39, 0.29) is 6.04 Å². The van der Waals surface area contributed by atoms with Crippen LogP contribution >= 0.6 is 0 Å². The molecule has 1 N–H and O–H groups in total. The predicted octanol–water partition coefficient (Wildman–Crippen LogP) is 3.20. The van der Waals surface area contributed by atoms with Gasteiger partial charge >= 0.3 is 0 Å². The second-order valence-electron chi connectivity index (χ2n) is 7.51. The van der Waals surface area contributed by atoms with E-state index in [1.807, 2.05) is 31.3 Å². The summed E-state index contributed by atoms with van der Waals surface area (Å²) >= 11 is 0. The maximum atomic E-state index is 12.1. The molecule has 0 fully saturated rings. The number of rotatable bonds is 8. The number of aromatic nitrogens is 1. The third-order valence-electron chi connectivity index (χ3n) is 4.91. The van der Waals surface area contributed by atoms with Crippen molar-refractivity contribution in [1.29, 1.82) is 0 Å². The van der Waals surface area contributed by atoms with E-state index in [1.54, 1.807) is 13.8 Å². The van der Waals surface area contributed by atoms with Gasteiger partial charge in [-0.25, -0.2) is 13.1 Å². The van der Waals surface area contributed by atoms with Crippen LogP contribution in [0.25, 0.3) is 0 Å². The minimum atomic E-state index is -3.24. The molecule has 146 valence electrons. The highest BCUT2D eigenvalue weighted by atomic mass is 32.2. The van der Waals surface area contributed by atoms with Crippen molar-refractivity contribution in [2.75, 3.05) is 6.61 Å². The molecule has 0 saturated heterocycles. The van der Waals surface area contributed by atoms with Gasteiger partial charge in [-0.15, -0.1) is 0 Å². The van der Waals surface area contributed by atoms with Gasteiger partial charge in [-0.05, 0) is 81.3 Å². The van der Waals surface area contributed by atoms with Gasteiger partial charge in [-0.2, -0.15) is 0 Å². The molecule has 0 unspecified atom stereocenters. The van der Waals surface area contributed by atoms with Crippen LogP contribution in [0, 0.1) is 6.92 Å². The summed E-state index contributed by atoms with van der Waals surface area (Å²) in [7, 11) is -3.24. The standard InChI is InChI=1S/C21H28N2O3S/c1-15(2)27(24,25)23-20-11-18-8-9-21(13-19(18)12-20)26-10-4-5-17-7-6-16(3)22-14-17/h6-9,13-15,20,23H,4-5,10-12H2,1-3H3/t20-/m0/s1. The summed E-state index contributed by atoms with van der Waals surface area (Å²) in [6.07, 6.45) is 5.24. The van der Waals surface area contributed by atoms with E-state index in [9.17, 15) is 8.42 Å². The summed E-state index contributed by atoms with van der Waals surface area (Å²) in [4.78, 5) is 4.31. The number of nitrogens with one attached hydrogen (secondary N) is 1. The summed E-state index contributed by atoms with van der Waals surface area (Å²) in [5.74, 6) is 0.850. The number of pyridine rings is 1. The topological polar surface area (TPSA) is 68.3 Å². The molecule has 1 atom stereocenters. The average Bonchev–Trinajstić information content (AvgIpc) is 3.00. The number of hydrogen-bond donors (Lipinski definition) is 1. The Morgan fingerprint density at radius 1 is 1.19 bits per heavy atom. The first kappa shape index (κ1) is 19.8. The summed E-state index contributed by atoms with van der Waals surface area (Å²) in [5.41, 5.74) is 4.62. The van der Waals surface area contributed by atoms with Crippen LogP contribution in [0.4, 0.5) is 0 Å². The Morgan fingerprint density at radius 3 is 2.67 bits per heavy atom. The second-order valence-corrected chi connectivity index (χ2v) is 9.78. The molecule has 1 aliphatic rings. The van der Waals surface area contributed by atoms with Gasteiger partial charge in [-0.1, -0.05) is 12.1 Å². The van der Waals surface area contributed by atoms with E-state index in [1.165, 1.54) is 16.7 Å². The Morgan fingerprint density at radius 2 is 1.96 bits per heavy atom. The Bertz CT molecular complexity index is 877. The summed E-state index contributed by atoms with van der Waals surface area (Å²) in [6.45, 7) is 6.03. The highest BCUT2D eigenvalue weighted by Crippen LogP contribution is 2.27. The van der Waals surface area contributed by atoms with Crippen molar-refractivity contribution in [2.24, 2.45) is 0 Å². The number of nitrogens with zero attached hydrogens (tertiary/aromatic N) is 1. The molecule has 5 nitrogen and oxygen atoms in total. The molecule has 0 radical (unpaired) electrons. The van der Waals surface area contributed by atoms with E-state index in [0.717, 1.165) is 30.7 Å². The first-order valence-corrected chi connectivity index (χ1v) is 11.1. The maximum Gasteiger partial charge on any atom is 0.214 e. The van der Waals surface area contributed by atoms with Gasteiger partial charge in [0, 0.05) is 17.9 Å². The number of ether oxygens (including phenoxy) is 1. The number of fused-ring (bicyclic) bond motifs is 1. The minimum Gasteiger partial charge on any atom is -0.494 e. The molecular weight excluding hydrogens is 360 g/mol. The van der Waals surface area contributed by atoms with Gasteiger partial charge in [0.1, 0.15) is 5.75 Å². The maximum absolute atomic E-state index is 12.1. The Hall–Kier alpha value is -1.92. The fraction of sp³-hybridized carbons (Fsp3) is 0.476. The van der Waals surface area contributed by atoms with Crippen molar-refractivity contribution in [1.82, 2.24) is 9.71 Å². The molecule has 1 aromatic heterocycles. The third kappa shape index (κ3) is 5.30. The quantitative estimate of drug-likeness (QED) is 0.705. The van der Waals surface area contributed by atoms with Crippen LogP contribution in [0.15, 0.2) is 36.5 Å². The number of sulfonamides is 1. The van der Waals surface area contributed by atoms with Crippen molar-refractivity contribution >= 4 is 10.0 Å². The molecule has 0 amide bonds. The molecule has 0 bridgehead atoms. The number of benzene rings is 1. The molecule has 1 aliphatic carbocycles. The lowest BCUT2D eigenvalue weighted by Crippen LogP contribution is -2.39. The second kappa shape index (κ2) is 8.40. The SMILES string of the molecule is Cc1ccc(CCCOc2ccc3c(c2)C[C@@H](NS(=O)(=O)C(C)C)C3)cn1. The van der Waals surface area contributed by atoms with Crippen molar-refractivity contribution in [3.05, 3.63) is 58.9 Å². The van der Waals surface area contributed by atoms with Crippen LogP contribution in [-0.2, 0) is 29.3 Å².